The summed E-state index contributed by atoms with van der Waals surface area (Å²) in [6.07, 6.45) is 13.5. The van der Waals surface area contributed by atoms with Gasteiger partial charge in [-0.15, -0.1) is 0 Å². The maximum absolute atomic E-state index is 14.2. The molecule has 4 aliphatic heterocycles. The number of unbranched alkanes of at least 4 members (excludes halogenated alkanes) is 1. The monoisotopic (exact) mass is 1050 g/mol. The molecule has 4 unspecified atom stereocenters. The third-order valence-corrected chi connectivity index (χ3v) is 16.3. The van der Waals surface area contributed by atoms with E-state index in [2.05, 4.69) is 57.4 Å². The number of aryl methyl sites for hydroxylation is 1. The number of phenols is 2. The van der Waals surface area contributed by atoms with Crippen LogP contribution in [0.2, 0.25) is 0 Å². The Morgan fingerprint density at radius 2 is 1.68 bits per heavy atom. The lowest BCUT2D eigenvalue weighted by Gasteiger charge is -2.35. The molecule has 5 aromatic rings. The van der Waals surface area contributed by atoms with E-state index in [9.17, 15) is 34.5 Å². The van der Waals surface area contributed by atoms with E-state index in [4.69, 9.17) is 19.7 Å². The molecular formula is C60H73N9O8. The normalized spacial score (nSPS) is 21.6. The van der Waals surface area contributed by atoms with Gasteiger partial charge in [0.25, 0.3) is 0 Å². The van der Waals surface area contributed by atoms with Crippen LogP contribution in [0.1, 0.15) is 122 Å². The summed E-state index contributed by atoms with van der Waals surface area (Å²) in [6.45, 7) is 12.2. The van der Waals surface area contributed by atoms with E-state index in [0.717, 1.165) is 24.8 Å². The first-order valence-electron chi connectivity index (χ1n) is 27.7. The third kappa shape index (κ3) is 11.5. The summed E-state index contributed by atoms with van der Waals surface area (Å²) in [5.41, 5.74) is 5.69. The molecule has 0 saturated carbocycles. The molecule has 5 aliphatic rings. The summed E-state index contributed by atoms with van der Waals surface area (Å²) < 4.78 is 6.33. The van der Waals surface area contributed by atoms with Crippen LogP contribution in [0.3, 0.4) is 0 Å². The number of pyridine rings is 1. The molecule has 2 bridgehead atoms. The van der Waals surface area contributed by atoms with Gasteiger partial charge in [0, 0.05) is 74.5 Å². The number of aromatic nitrogens is 3. The number of likely N-dealkylation sites (tertiary alicyclic amines) is 1. The number of phenolic OH excluding ortho intramolecular Hbond substituents is 2. The minimum absolute atomic E-state index is 0.0107. The first kappa shape index (κ1) is 53.3. The Labute approximate surface area is 450 Å². The molecule has 3 aromatic carbocycles. The van der Waals surface area contributed by atoms with Crippen LogP contribution in [-0.4, -0.2) is 121 Å². The minimum atomic E-state index is -0.832. The van der Waals surface area contributed by atoms with E-state index in [0.29, 0.717) is 116 Å². The number of nitrogens with zero attached hydrogens (tertiary/aromatic N) is 5. The number of allylic oxidation sites excluding steroid dienone is 4. The van der Waals surface area contributed by atoms with Crippen LogP contribution in [-0.2, 0) is 32.1 Å². The van der Waals surface area contributed by atoms with Gasteiger partial charge in [-0.3, -0.25) is 24.2 Å². The third-order valence-electron chi connectivity index (χ3n) is 16.3. The number of amides is 3. The van der Waals surface area contributed by atoms with Gasteiger partial charge < -0.3 is 51.1 Å². The molecule has 4 saturated heterocycles. The second-order valence-electron chi connectivity index (χ2n) is 22.8. The highest BCUT2D eigenvalue weighted by Gasteiger charge is 2.42. The maximum Gasteiger partial charge on any atom is 0.319 e. The lowest BCUT2D eigenvalue weighted by Crippen LogP contribution is -2.57. The number of hydrogen-bond acceptors (Lipinski definition) is 14. The first-order chi connectivity index (χ1) is 37.0. The van der Waals surface area contributed by atoms with Crippen molar-refractivity contribution in [1.82, 2.24) is 41.1 Å². The maximum atomic E-state index is 14.2. The van der Waals surface area contributed by atoms with Crippen molar-refractivity contribution < 1.29 is 39.2 Å². The van der Waals surface area contributed by atoms with Crippen molar-refractivity contribution in [3.8, 4) is 34.5 Å². The Bertz CT molecular complexity index is 3140. The van der Waals surface area contributed by atoms with Crippen LogP contribution in [0.25, 0.3) is 38.5 Å². The predicted molar refractivity (Wildman–Crippen MR) is 296 cm³/mol. The number of carbonyl (C=O) groups excluding carboxylic acids is 4. The number of carbonyl (C=O) groups is 4. The zero-order valence-electron chi connectivity index (χ0n) is 45.0. The van der Waals surface area contributed by atoms with Crippen molar-refractivity contribution in [2.75, 3.05) is 31.1 Å². The average molecular weight is 1050 g/mol. The Balaban J connectivity index is 0.729. The molecule has 10 rings (SSSR count). The molecule has 0 radical (unpaired) electrons. The zero-order chi connectivity index (χ0) is 54.1. The number of nitrogens with one attached hydrogen (secondary N) is 4. The van der Waals surface area contributed by atoms with Gasteiger partial charge >= 0.3 is 6.01 Å². The number of benzene rings is 3. The lowest BCUT2D eigenvalue weighted by molar-refractivity contribution is -0.144. The summed E-state index contributed by atoms with van der Waals surface area (Å²) in [4.78, 5) is 72.9. The molecule has 17 nitrogen and oxygen atoms in total. The Morgan fingerprint density at radius 1 is 0.909 bits per heavy atom. The minimum Gasteiger partial charge on any atom is -0.508 e. The van der Waals surface area contributed by atoms with Crippen LogP contribution < -0.4 is 30.9 Å². The Morgan fingerprint density at radius 3 is 2.40 bits per heavy atom. The van der Waals surface area contributed by atoms with Crippen molar-refractivity contribution in [3.05, 3.63) is 89.1 Å². The summed E-state index contributed by atoms with van der Waals surface area (Å²) in [5, 5.41) is 48.8. The van der Waals surface area contributed by atoms with Gasteiger partial charge in [0.2, 0.25) is 17.7 Å². The molecule has 406 valence electrons. The quantitative estimate of drug-likeness (QED) is 0.0418. The highest BCUT2D eigenvalue weighted by Crippen LogP contribution is 2.44. The summed E-state index contributed by atoms with van der Waals surface area (Å²) >= 11 is 0. The predicted octanol–water partition coefficient (Wildman–Crippen LogP) is 7.67. The standard InChI is InChI=1S/C60H73N9O8/c1-6-42-48(71)25-20-37-27-41(70)28-44(51(37)42)52-54(74)53-45(30-61-52)56(68-31-38-21-22-39(32-68)63-38)67-59(66-53)77-33-40-23-24-46(64-40)49(72)14-7-8-15-50(73)65-55(60(3,4)5)58(76)69-26-10-13-47(69)57(75)62-29-35-16-18-36(19-17-35)43-12-9-11-34(43)2/h9,11,16-20,25,27-28,30,38-40,46-47,55,63-64,70-71,74H,6-8,10,12-15,21-24,26,29,31-33H2,1-5H3,(H,62,75)(H,65,73)/t38?,39?,40-,46?,47+,55?/m0/s1. The van der Waals surface area contributed by atoms with E-state index in [-0.39, 0.29) is 89.5 Å². The average Bonchev–Trinajstić information content (AvgIpc) is 4.30. The van der Waals surface area contributed by atoms with Crippen molar-refractivity contribution in [3.63, 3.8) is 0 Å². The van der Waals surface area contributed by atoms with Gasteiger partial charge in [0.1, 0.15) is 53.0 Å². The van der Waals surface area contributed by atoms with E-state index < -0.39 is 17.5 Å². The topological polar surface area (TPSA) is 231 Å². The number of anilines is 1. The smallest absolute Gasteiger partial charge is 0.319 e. The fraction of sp³-hybridized carbons (Fsp3) is 0.483. The number of Topliss-reactive ketones (excluding diaryl/α,β-unsaturated/α-hetero) is 1. The van der Waals surface area contributed by atoms with Gasteiger partial charge in [-0.05, 0) is 128 Å². The van der Waals surface area contributed by atoms with Crippen molar-refractivity contribution in [2.45, 2.75) is 154 Å². The fourth-order valence-electron chi connectivity index (χ4n) is 12.2. The number of aromatic hydroxyl groups is 3. The lowest BCUT2D eigenvalue weighted by atomic mass is 9.85. The van der Waals surface area contributed by atoms with E-state index in [1.165, 1.54) is 16.7 Å². The zero-order valence-corrected chi connectivity index (χ0v) is 45.0. The number of fused-ring (bicyclic) bond motifs is 4. The van der Waals surface area contributed by atoms with Crippen LogP contribution in [0.5, 0.6) is 23.3 Å². The first-order valence-corrected chi connectivity index (χ1v) is 27.7. The largest absolute Gasteiger partial charge is 0.508 e. The molecule has 0 spiro atoms. The van der Waals surface area contributed by atoms with Crippen LogP contribution in [0.4, 0.5) is 5.82 Å². The summed E-state index contributed by atoms with van der Waals surface area (Å²) in [5.74, 6) is -0.178. The van der Waals surface area contributed by atoms with Gasteiger partial charge in [-0.25, -0.2) is 0 Å². The SMILES string of the molecule is CCc1c(O)ccc2cc(O)cc(-c3ncc4c(N5CC6CCC(C5)N6)nc(OC[C@@H]5CCC(C(=O)CCCCC(=O)NC(C(=O)N6CCC[C@@H]6C(=O)NCc6ccc(C7=C(C)C=CC7)cc6)C(C)(C)C)N5)nc4c3O)c12. The molecule has 3 amide bonds. The van der Waals surface area contributed by atoms with Gasteiger partial charge in [-0.1, -0.05) is 70.2 Å². The highest BCUT2D eigenvalue weighted by molar-refractivity contribution is 6.05. The molecule has 4 fully saturated rings. The summed E-state index contributed by atoms with van der Waals surface area (Å²) in [6, 6.07) is 13.4. The number of hydrogen-bond donors (Lipinski definition) is 7. The molecule has 17 heteroatoms. The second-order valence-corrected chi connectivity index (χ2v) is 22.8. The molecule has 6 heterocycles. The molecule has 7 N–H and O–H groups in total. The van der Waals surface area contributed by atoms with E-state index >= 15 is 0 Å². The van der Waals surface area contributed by atoms with Crippen molar-refractivity contribution >= 4 is 56.6 Å². The highest BCUT2D eigenvalue weighted by atomic mass is 16.5. The summed E-state index contributed by atoms with van der Waals surface area (Å²) in [7, 11) is 0. The van der Waals surface area contributed by atoms with Crippen molar-refractivity contribution in [1.29, 1.82) is 0 Å². The van der Waals surface area contributed by atoms with Crippen LogP contribution in [0, 0.1) is 5.41 Å². The van der Waals surface area contributed by atoms with Gasteiger partial charge in [0.15, 0.2) is 5.75 Å². The Kier molecular flexibility index (Phi) is 15.5. The number of ketones is 1. The van der Waals surface area contributed by atoms with Crippen LogP contribution in [0.15, 0.2) is 72.5 Å². The Hall–Kier alpha value is -7.11. The number of rotatable bonds is 18. The molecular weight excluding hydrogens is 975 g/mol. The van der Waals surface area contributed by atoms with E-state index in [1.807, 2.05) is 39.8 Å². The molecule has 77 heavy (non-hydrogen) atoms. The van der Waals surface area contributed by atoms with Crippen LogP contribution >= 0.6 is 0 Å². The molecule has 2 aromatic heterocycles. The molecule has 6 atom stereocenters. The van der Waals surface area contributed by atoms with E-state index in [1.54, 1.807) is 35.4 Å². The van der Waals surface area contributed by atoms with Gasteiger partial charge in [0.05, 0.1) is 11.4 Å². The molecule has 1 aliphatic carbocycles. The second kappa shape index (κ2) is 22.5. The number of piperazine rings is 1. The van der Waals surface area contributed by atoms with Gasteiger partial charge in [-0.2, -0.15) is 9.97 Å². The fourth-order valence-corrected chi connectivity index (χ4v) is 12.2. The van der Waals surface area contributed by atoms with Crippen molar-refractivity contribution in [2.24, 2.45) is 5.41 Å². The number of ether oxygens (including phenoxy) is 1.